The van der Waals surface area contributed by atoms with Crippen LogP contribution in [0.25, 0.3) is 6.08 Å². The van der Waals surface area contributed by atoms with Crippen molar-refractivity contribution in [2.24, 2.45) is 0 Å². The number of carbonyl (C=O) groups excluding carboxylic acids is 1. The van der Waals surface area contributed by atoms with Crippen LogP contribution in [0.4, 0.5) is 0 Å². The van der Waals surface area contributed by atoms with Crippen LogP contribution < -0.4 is 5.32 Å². The van der Waals surface area contributed by atoms with Crippen molar-refractivity contribution in [3.8, 4) is 0 Å². The van der Waals surface area contributed by atoms with Gasteiger partial charge in [0.25, 0.3) is 0 Å². The van der Waals surface area contributed by atoms with Gasteiger partial charge in [0.1, 0.15) is 0 Å². The van der Waals surface area contributed by atoms with Crippen molar-refractivity contribution in [3.05, 3.63) is 41.5 Å². The van der Waals surface area contributed by atoms with Gasteiger partial charge in [0.2, 0.25) is 5.91 Å². The molecule has 1 aromatic rings. The number of rotatable bonds is 4. The van der Waals surface area contributed by atoms with Crippen molar-refractivity contribution in [1.82, 2.24) is 5.32 Å². The van der Waals surface area contributed by atoms with E-state index in [-0.39, 0.29) is 18.6 Å². The van der Waals surface area contributed by atoms with Gasteiger partial charge in [-0.1, -0.05) is 24.3 Å². The minimum Gasteiger partial charge on any atom is -0.394 e. The minimum absolute atomic E-state index is 0.0516. The smallest absolute Gasteiger partial charge is 0.244 e. The molecule has 0 saturated carbocycles. The van der Waals surface area contributed by atoms with Crippen molar-refractivity contribution in [2.45, 2.75) is 19.9 Å². The molecule has 0 bridgehead atoms. The van der Waals surface area contributed by atoms with E-state index in [0.29, 0.717) is 0 Å². The molecule has 16 heavy (non-hydrogen) atoms. The summed E-state index contributed by atoms with van der Waals surface area (Å²) in [4.78, 5) is 11.4. The van der Waals surface area contributed by atoms with Crippen molar-refractivity contribution in [1.29, 1.82) is 0 Å². The number of hydrogen-bond donors (Lipinski definition) is 2. The number of aliphatic hydroxyl groups excluding tert-OH is 1. The fourth-order valence-corrected chi connectivity index (χ4v) is 1.28. The highest BCUT2D eigenvalue weighted by atomic mass is 16.3. The maximum Gasteiger partial charge on any atom is 0.244 e. The van der Waals surface area contributed by atoms with Crippen molar-refractivity contribution >= 4 is 12.0 Å². The Kier molecular flexibility index (Phi) is 4.73. The second-order valence-corrected chi connectivity index (χ2v) is 3.78. The molecular weight excluding hydrogens is 202 g/mol. The molecule has 0 aliphatic heterocycles. The first-order valence-corrected chi connectivity index (χ1v) is 5.28. The Morgan fingerprint density at radius 1 is 1.50 bits per heavy atom. The number of aliphatic hydroxyl groups is 1. The highest BCUT2D eigenvalue weighted by molar-refractivity contribution is 5.92. The van der Waals surface area contributed by atoms with E-state index in [2.05, 4.69) is 5.32 Å². The predicted octanol–water partition coefficient (Wildman–Crippen LogP) is 1.51. The fourth-order valence-electron chi connectivity index (χ4n) is 1.28. The Labute approximate surface area is 95.8 Å². The molecular formula is C13H17NO2. The quantitative estimate of drug-likeness (QED) is 0.754. The summed E-state index contributed by atoms with van der Waals surface area (Å²) >= 11 is 0. The third-order valence-corrected chi connectivity index (χ3v) is 2.27. The SMILES string of the molecule is Cc1ccccc1/C=C\C(=O)N[C@H](C)CO. The van der Waals surface area contributed by atoms with Gasteiger partial charge in [-0.15, -0.1) is 0 Å². The predicted molar refractivity (Wildman–Crippen MR) is 64.9 cm³/mol. The Balaban J connectivity index is 2.60. The van der Waals surface area contributed by atoms with E-state index in [4.69, 9.17) is 5.11 Å². The summed E-state index contributed by atoms with van der Waals surface area (Å²) in [5.74, 6) is -0.190. The zero-order valence-corrected chi connectivity index (χ0v) is 9.60. The molecule has 3 nitrogen and oxygen atoms in total. The first kappa shape index (κ1) is 12.5. The molecule has 3 heteroatoms. The van der Waals surface area contributed by atoms with Crippen molar-refractivity contribution < 1.29 is 9.90 Å². The van der Waals surface area contributed by atoms with E-state index in [1.165, 1.54) is 6.08 Å². The number of carbonyl (C=O) groups is 1. The lowest BCUT2D eigenvalue weighted by Crippen LogP contribution is -2.33. The lowest BCUT2D eigenvalue weighted by Gasteiger charge is -2.07. The van der Waals surface area contributed by atoms with E-state index in [0.717, 1.165) is 11.1 Å². The lowest BCUT2D eigenvalue weighted by atomic mass is 10.1. The number of benzene rings is 1. The Hall–Kier alpha value is -1.61. The topological polar surface area (TPSA) is 49.3 Å². The van der Waals surface area contributed by atoms with Crippen molar-refractivity contribution in [2.75, 3.05) is 6.61 Å². The molecule has 1 rings (SSSR count). The number of hydrogen-bond acceptors (Lipinski definition) is 2. The highest BCUT2D eigenvalue weighted by Crippen LogP contribution is 2.08. The number of nitrogens with one attached hydrogen (secondary N) is 1. The Morgan fingerprint density at radius 3 is 2.81 bits per heavy atom. The Morgan fingerprint density at radius 2 is 2.19 bits per heavy atom. The van der Waals surface area contributed by atoms with Crippen LogP contribution in [0.2, 0.25) is 0 Å². The molecule has 0 aromatic heterocycles. The van der Waals surface area contributed by atoms with Gasteiger partial charge in [0, 0.05) is 12.1 Å². The van der Waals surface area contributed by atoms with Gasteiger partial charge >= 0.3 is 0 Å². The van der Waals surface area contributed by atoms with E-state index >= 15 is 0 Å². The summed E-state index contributed by atoms with van der Waals surface area (Å²) in [6.07, 6.45) is 3.25. The van der Waals surface area contributed by atoms with Gasteiger partial charge in [-0.25, -0.2) is 0 Å². The third kappa shape index (κ3) is 3.87. The summed E-state index contributed by atoms with van der Waals surface area (Å²) < 4.78 is 0. The van der Waals surface area contributed by atoms with Crippen LogP contribution in [0.1, 0.15) is 18.1 Å². The number of aryl methyl sites for hydroxylation is 1. The molecule has 0 heterocycles. The molecule has 0 radical (unpaired) electrons. The van der Waals surface area contributed by atoms with Gasteiger partial charge in [-0.05, 0) is 31.1 Å². The van der Waals surface area contributed by atoms with Crippen LogP contribution in [0.3, 0.4) is 0 Å². The molecule has 0 saturated heterocycles. The van der Waals surface area contributed by atoms with Crippen LogP contribution in [-0.4, -0.2) is 23.7 Å². The standard InChI is InChI=1S/C13H17NO2/c1-10-5-3-4-6-12(10)7-8-13(16)14-11(2)9-15/h3-8,11,15H,9H2,1-2H3,(H,14,16)/b8-7-/t11-/m1/s1. The largest absolute Gasteiger partial charge is 0.394 e. The zero-order chi connectivity index (χ0) is 12.0. The molecule has 86 valence electrons. The second-order valence-electron chi connectivity index (χ2n) is 3.78. The van der Waals surface area contributed by atoms with Crippen LogP contribution in [-0.2, 0) is 4.79 Å². The van der Waals surface area contributed by atoms with E-state index in [1.54, 1.807) is 13.0 Å². The second kappa shape index (κ2) is 6.08. The van der Waals surface area contributed by atoms with Crippen molar-refractivity contribution in [3.63, 3.8) is 0 Å². The summed E-state index contributed by atoms with van der Waals surface area (Å²) in [7, 11) is 0. The first-order chi connectivity index (χ1) is 7.63. The van der Waals surface area contributed by atoms with E-state index in [9.17, 15) is 4.79 Å². The molecule has 0 aliphatic carbocycles. The maximum absolute atomic E-state index is 11.4. The first-order valence-electron chi connectivity index (χ1n) is 5.28. The molecule has 1 atom stereocenters. The van der Waals surface area contributed by atoms with Gasteiger partial charge in [0.05, 0.1) is 6.61 Å². The number of amides is 1. The molecule has 0 fully saturated rings. The summed E-state index contributed by atoms with van der Waals surface area (Å²) in [6.45, 7) is 3.69. The van der Waals surface area contributed by atoms with Gasteiger partial charge < -0.3 is 10.4 Å². The fraction of sp³-hybridized carbons (Fsp3) is 0.308. The average molecular weight is 219 g/mol. The Bertz CT molecular complexity index is 385. The van der Waals surface area contributed by atoms with E-state index in [1.807, 2.05) is 31.2 Å². The minimum atomic E-state index is -0.214. The molecule has 1 aromatic carbocycles. The van der Waals surface area contributed by atoms with Gasteiger partial charge in [-0.3, -0.25) is 4.79 Å². The maximum atomic E-state index is 11.4. The normalized spacial score (nSPS) is 12.7. The third-order valence-electron chi connectivity index (χ3n) is 2.27. The molecule has 0 spiro atoms. The molecule has 0 unspecified atom stereocenters. The van der Waals surface area contributed by atoms with E-state index < -0.39 is 0 Å². The van der Waals surface area contributed by atoms with Crippen LogP contribution in [0.5, 0.6) is 0 Å². The van der Waals surface area contributed by atoms with Crippen LogP contribution in [0, 0.1) is 6.92 Å². The molecule has 1 amide bonds. The summed E-state index contributed by atoms with van der Waals surface area (Å²) in [6, 6.07) is 7.62. The summed E-state index contributed by atoms with van der Waals surface area (Å²) in [5, 5.41) is 11.4. The monoisotopic (exact) mass is 219 g/mol. The van der Waals surface area contributed by atoms with Crippen LogP contribution >= 0.6 is 0 Å². The highest BCUT2D eigenvalue weighted by Gasteiger charge is 2.01. The van der Waals surface area contributed by atoms with Gasteiger partial charge in [-0.2, -0.15) is 0 Å². The zero-order valence-electron chi connectivity index (χ0n) is 9.60. The van der Waals surface area contributed by atoms with Crippen LogP contribution in [0.15, 0.2) is 30.3 Å². The average Bonchev–Trinajstić information content (AvgIpc) is 2.28. The molecule has 2 N–H and O–H groups in total. The molecule has 0 aliphatic rings. The van der Waals surface area contributed by atoms with Gasteiger partial charge in [0.15, 0.2) is 0 Å². The summed E-state index contributed by atoms with van der Waals surface area (Å²) in [5.41, 5.74) is 2.15. The lowest BCUT2D eigenvalue weighted by molar-refractivity contribution is -0.117.